The lowest BCUT2D eigenvalue weighted by Crippen LogP contribution is -2.45. The number of benzene rings is 1. The van der Waals surface area contributed by atoms with Gasteiger partial charge in [-0.05, 0) is 59.5 Å². The molecule has 1 fully saturated rings. The number of piperidine rings is 1. The molecule has 1 amide bonds. The van der Waals surface area contributed by atoms with Crippen molar-refractivity contribution >= 4 is 34.5 Å². The number of hydrogen-bond acceptors (Lipinski definition) is 2. The number of carboxylic acid groups (broad SMARTS) is 1. The number of carbonyl (C=O) groups excluding carboxylic acids is 1. The van der Waals surface area contributed by atoms with Crippen molar-refractivity contribution in [1.29, 1.82) is 0 Å². The Balaban J connectivity index is 2.24. The topological polar surface area (TPSA) is 57.6 Å². The molecule has 0 spiro atoms. The second-order valence-corrected chi connectivity index (χ2v) is 6.66. The molecule has 0 bridgehead atoms. The van der Waals surface area contributed by atoms with E-state index in [0.717, 1.165) is 9.13 Å². The van der Waals surface area contributed by atoms with Crippen molar-refractivity contribution in [1.82, 2.24) is 4.90 Å². The molecule has 1 aromatic carbocycles. The third-order valence-corrected chi connectivity index (χ3v) is 4.96. The summed E-state index contributed by atoms with van der Waals surface area (Å²) in [5.41, 5.74) is 1.64. The van der Waals surface area contributed by atoms with Crippen LogP contribution in [0.2, 0.25) is 0 Å². The molecule has 0 radical (unpaired) electrons. The number of aliphatic carboxylic acids is 1. The molecule has 2 unspecified atom stereocenters. The molecule has 5 heteroatoms. The van der Waals surface area contributed by atoms with E-state index in [4.69, 9.17) is 0 Å². The van der Waals surface area contributed by atoms with E-state index < -0.39 is 11.9 Å². The third-order valence-electron chi connectivity index (χ3n) is 3.79. The van der Waals surface area contributed by atoms with Gasteiger partial charge in [0.2, 0.25) is 0 Å². The van der Waals surface area contributed by atoms with Gasteiger partial charge < -0.3 is 10.0 Å². The van der Waals surface area contributed by atoms with Gasteiger partial charge in [0.15, 0.2) is 0 Å². The van der Waals surface area contributed by atoms with E-state index in [1.54, 1.807) is 4.90 Å². The van der Waals surface area contributed by atoms with Crippen molar-refractivity contribution < 1.29 is 14.7 Å². The molecule has 0 aliphatic carbocycles. The van der Waals surface area contributed by atoms with Crippen molar-refractivity contribution in [2.45, 2.75) is 20.3 Å². The van der Waals surface area contributed by atoms with Crippen molar-refractivity contribution in [3.8, 4) is 0 Å². The number of halogens is 1. The number of likely N-dealkylation sites (tertiary alicyclic amines) is 1. The second kappa shape index (κ2) is 6.11. The summed E-state index contributed by atoms with van der Waals surface area (Å²) in [4.78, 5) is 25.5. The van der Waals surface area contributed by atoms with E-state index in [2.05, 4.69) is 22.6 Å². The first-order valence-corrected chi connectivity index (χ1v) is 7.75. The van der Waals surface area contributed by atoms with Crippen LogP contribution in [0.3, 0.4) is 0 Å². The minimum atomic E-state index is -0.811. The summed E-state index contributed by atoms with van der Waals surface area (Å²) in [5, 5.41) is 9.19. The van der Waals surface area contributed by atoms with Crippen LogP contribution in [-0.2, 0) is 4.79 Å². The molecule has 2 atom stereocenters. The van der Waals surface area contributed by atoms with E-state index in [1.807, 2.05) is 32.0 Å². The highest BCUT2D eigenvalue weighted by molar-refractivity contribution is 14.1. The standard InChI is InChI=1S/C15H18INO3/c1-9-6-11(15(19)20)8-17(7-9)14(18)12-4-3-5-13(16)10(12)2/h3-5,9,11H,6-8H2,1-2H3,(H,19,20). The minimum absolute atomic E-state index is 0.0567. The molecule has 108 valence electrons. The SMILES string of the molecule is Cc1c(I)cccc1C(=O)N1CC(C)CC(C(=O)O)C1. The van der Waals surface area contributed by atoms with Crippen molar-refractivity contribution in [3.63, 3.8) is 0 Å². The van der Waals surface area contributed by atoms with Gasteiger partial charge in [0, 0.05) is 22.2 Å². The van der Waals surface area contributed by atoms with Gasteiger partial charge in [-0.25, -0.2) is 0 Å². The number of amides is 1. The predicted octanol–water partition coefficient (Wildman–Crippen LogP) is 2.78. The molecule has 1 aromatic rings. The van der Waals surface area contributed by atoms with Gasteiger partial charge in [0.05, 0.1) is 5.92 Å². The molecule has 20 heavy (non-hydrogen) atoms. The maximum atomic E-state index is 12.6. The van der Waals surface area contributed by atoms with Crippen LogP contribution < -0.4 is 0 Å². The second-order valence-electron chi connectivity index (χ2n) is 5.50. The first kappa shape index (κ1) is 15.3. The number of carboxylic acids is 1. The van der Waals surface area contributed by atoms with Crippen molar-refractivity contribution in [3.05, 3.63) is 32.9 Å². The summed E-state index contributed by atoms with van der Waals surface area (Å²) in [6.45, 7) is 4.87. The number of rotatable bonds is 2. The van der Waals surface area contributed by atoms with Gasteiger partial charge in [-0.1, -0.05) is 13.0 Å². The highest BCUT2D eigenvalue weighted by atomic mass is 127. The lowest BCUT2D eigenvalue weighted by molar-refractivity contribution is -0.143. The van der Waals surface area contributed by atoms with Crippen LogP contribution in [0.5, 0.6) is 0 Å². The zero-order valence-electron chi connectivity index (χ0n) is 11.6. The fourth-order valence-corrected chi connectivity index (χ4v) is 3.20. The highest BCUT2D eigenvalue weighted by Gasteiger charge is 2.32. The van der Waals surface area contributed by atoms with Crippen LogP contribution in [0.4, 0.5) is 0 Å². The van der Waals surface area contributed by atoms with E-state index in [0.29, 0.717) is 25.1 Å². The third kappa shape index (κ3) is 3.13. The molecule has 1 N–H and O–H groups in total. The molecular formula is C15H18INO3. The first-order valence-electron chi connectivity index (χ1n) is 6.67. The van der Waals surface area contributed by atoms with Crippen LogP contribution in [-0.4, -0.2) is 35.0 Å². The Morgan fingerprint density at radius 1 is 1.35 bits per heavy atom. The van der Waals surface area contributed by atoms with Crippen molar-refractivity contribution in [2.75, 3.05) is 13.1 Å². The Labute approximate surface area is 132 Å². The monoisotopic (exact) mass is 387 g/mol. The zero-order chi connectivity index (χ0) is 14.9. The smallest absolute Gasteiger partial charge is 0.308 e. The number of carbonyl (C=O) groups is 2. The number of hydrogen-bond donors (Lipinski definition) is 1. The maximum Gasteiger partial charge on any atom is 0.308 e. The molecule has 4 nitrogen and oxygen atoms in total. The van der Waals surface area contributed by atoms with Crippen LogP contribution in [0.1, 0.15) is 29.3 Å². The minimum Gasteiger partial charge on any atom is -0.481 e. The van der Waals surface area contributed by atoms with Gasteiger partial charge in [-0.2, -0.15) is 0 Å². The Morgan fingerprint density at radius 3 is 2.70 bits per heavy atom. The van der Waals surface area contributed by atoms with Crippen LogP contribution in [0, 0.1) is 22.3 Å². The average molecular weight is 387 g/mol. The van der Waals surface area contributed by atoms with Crippen molar-refractivity contribution in [2.24, 2.45) is 11.8 Å². The predicted molar refractivity (Wildman–Crippen MR) is 84.7 cm³/mol. The molecular weight excluding hydrogens is 369 g/mol. The number of nitrogens with zero attached hydrogens (tertiary/aromatic N) is 1. The maximum absolute atomic E-state index is 12.6. The Morgan fingerprint density at radius 2 is 2.05 bits per heavy atom. The largest absolute Gasteiger partial charge is 0.481 e. The molecule has 0 saturated carbocycles. The molecule has 1 aliphatic heterocycles. The van der Waals surface area contributed by atoms with E-state index >= 15 is 0 Å². The Hall–Kier alpha value is -1.11. The van der Waals surface area contributed by atoms with Gasteiger partial charge in [-0.3, -0.25) is 9.59 Å². The quantitative estimate of drug-likeness (QED) is 0.795. The summed E-state index contributed by atoms with van der Waals surface area (Å²) in [6.07, 6.45) is 0.643. The fourth-order valence-electron chi connectivity index (χ4n) is 2.71. The van der Waals surface area contributed by atoms with Gasteiger partial charge in [0.1, 0.15) is 0 Å². The molecule has 0 aromatic heterocycles. The lowest BCUT2D eigenvalue weighted by Gasteiger charge is -2.35. The summed E-state index contributed by atoms with van der Waals surface area (Å²) in [7, 11) is 0. The van der Waals surface area contributed by atoms with E-state index in [9.17, 15) is 14.7 Å². The lowest BCUT2D eigenvalue weighted by atomic mass is 9.90. The average Bonchev–Trinajstić information content (AvgIpc) is 2.40. The van der Waals surface area contributed by atoms with Gasteiger partial charge in [-0.15, -0.1) is 0 Å². The van der Waals surface area contributed by atoms with E-state index in [-0.39, 0.29) is 11.8 Å². The summed E-state index contributed by atoms with van der Waals surface area (Å²) < 4.78 is 1.05. The first-order chi connectivity index (χ1) is 9.40. The summed E-state index contributed by atoms with van der Waals surface area (Å²) in [5.74, 6) is -1.10. The van der Waals surface area contributed by atoms with Gasteiger partial charge in [0.25, 0.3) is 5.91 Å². The van der Waals surface area contributed by atoms with Crippen LogP contribution in [0.15, 0.2) is 18.2 Å². The Bertz CT molecular complexity index is 544. The fraction of sp³-hybridized carbons (Fsp3) is 0.467. The Kier molecular flexibility index (Phi) is 4.67. The summed E-state index contributed by atoms with van der Waals surface area (Å²) in [6, 6.07) is 5.64. The normalized spacial score (nSPS) is 22.6. The molecule has 1 saturated heterocycles. The molecule has 1 heterocycles. The van der Waals surface area contributed by atoms with Gasteiger partial charge >= 0.3 is 5.97 Å². The molecule has 1 aliphatic rings. The summed E-state index contributed by atoms with van der Waals surface area (Å²) >= 11 is 2.21. The molecule has 2 rings (SSSR count). The van der Waals surface area contributed by atoms with Crippen LogP contribution in [0.25, 0.3) is 0 Å². The zero-order valence-corrected chi connectivity index (χ0v) is 13.8. The van der Waals surface area contributed by atoms with E-state index in [1.165, 1.54) is 0 Å². The van der Waals surface area contributed by atoms with Crippen LogP contribution >= 0.6 is 22.6 Å². The highest BCUT2D eigenvalue weighted by Crippen LogP contribution is 2.25.